The number of nitrogens with one attached hydrogen (secondary N) is 2. The van der Waals surface area contributed by atoms with Crippen molar-refractivity contribution in [1.82, 2.24) is 10.6 Å². The van der Waals surface area contributed by atoms with Crippen LogP contribution in [0.5, 0.6) is 17.2 Å². The molecule has 2 aromatic carbocycles. The van der Waals surface area contributed by atoms with E-state index in [9.17, 15) is 14.7 Å². The molecule has 0 saturated heterocycles. The summed E-state index contributed by atoms with van der Waals surface area (Å²) < 4.78 is 16.4. The van der Waals surface area contributed by atoms with Crippen molar-refractivity contribution in [3.63, 3.8) is 0 Å². The normalized spacial score (nSPS) is 15.8. The Labute approximate surface area is 182 Å². The van der Waals surface area contributed by atoms with Crippen LogP contribution < -0.4 is 20.1 Å². The zero-order valence-corrected chi connectivity index (χ0v) is 18.0. The summed E-state index contributed by atoms with van der Waals surface area (Å²) in [7, 11) is 1.41. The van der Waals surface area contributed by atoms with Crippen LogP contribution in [0.4, 0.5) is 4.79 Å². The summed E-state index contributed by atoms with van der Waals surface area (Å²) in [4.78, 5) is 24.8. The quantitative estimate of drug-likeness (QED) is 0.417. The number of rotatable bonds is 7. The maximum atomic E-state index is 12.8. The molecule has 0 aromatic heterocycles. The number of allylic oxidation sites excluding steroid dienone is 1. The number of aromatic hydroxyl groups is 1. The highest BCUT2D eigenvalue weighted by molar-refractivity contribution is 9.10. The Morgan fingerprint density at radius 2 is 1.93 bits per heavy atom. The highest BCUT2D eigenvalue weighted by atomic mass is 79.9. The number of carbonyl (C=O) groups is 2. The van der Waals surface area contributed by atoms with Gasteiger partial charge in [-0.05, 0) is 52.7 Å². The van der Waals surface area contributed by atoms with Crippen molar-refractivity contribution in [1.29, 1.82) is 0 Å². The number of esters is 1. The van der Waals surface area contributed by atoms with Crippen LogP contribution in [-0.4, -0.2) is 37.4 Å². The minimum atomic E-state index is -0.785. The molecule has 1 aliphatic heterocycles. The number of para-hydroxylation sites is 1. The Morgan fingerprint density at radius 1 is 1.20 bits per heavy atom. The van der Waals surface area contributed by atoms with Crippen LogP contribution in [0.2, 0.25) is 0 Å². The lowest BCUT2D eigenvalue weighted by atomic mass is 9.95. The van der Waals surface area contributed by atoms with Gasteiger partial charge in [0.05, 0.1) is 23.2 Å². The predicted molar refractivity (Wildman–Crippen MR) is 112 cm³/mol. The molecule has 1 heterocycles. The number of phenols is 1. The predicted octanol–water partition coefficient (Wildman–Crippen LogP) is 3.41. The van der Waals surface area contributed by atoms with Crippen molar-refractivity contribution >= 4 is 27.9 Å². The topological polar surface area (TPSA) is 106 Å². The van der Waals surface area contributed by atoms with E-state index in [-0.39, 0.29) is 30.3 Å². The number of phenolic OH excluding ortho intramolecular Hbond substituents is 1. The third-order valence-corrected chi connectivity index (χ3v) is 5.03. The van der Waals surface area contributed by atoms with Crippen LogP contribution in [0, 0.1) is 0 Å². The fraction of sp³-hybridized carbons (Fsp3) is 0.238. The largest absolute Gasteiger partial charge is 0.503 e. The second-order valence-electron chi connectivity index (χ2n) is 6.42. The minimum absolute atomic E-state index is 0.0355. The number of urea groups is 1. The lowest BCUT2D eigenvalue weighted by Crippen LogP contribution is -2.45. The average Bonchev–Trinajstić information content (AvgIpc) is 2.73. The highest BCUT2D eigenvalue weighted by Gasteiger charge is 2.33. The Balaban J connectivity index is 1.76. The zero-order chi connectivity index (χ0) is 21.7. The van der Waals surface area contributed by atoms with Crippen molar-refractivity contribution in [3.05, 3.63) is 63.8 Å². The standard InChI is InChI=1S/C21H21BrN2O6/c1-12-17(20(26)30-9-8-29-14-6-4-3-5-7-14)18(24-21(27)23-12)13-10-15(22)19(25)16(11-13)28-2/h3-7,10-11,18,25H,8-9H2,1-2H3,(H2,23,24,27). The number of carbonyl (C=O) groups excluding carboxylic acids is 2. The summed E-state index contributed by atoms with van der Waals surface area (Å²) in [5, 5.41) is 15.3. The number of ether oxygens (including phenoxy) is 3. The molecule has 3 rings (SSSR count). The highest BCUT2D eigenvalue weighted by Crippen LogP contribution is 2.39. The third kappa shape index (κ3) is 4.85. The molecule has 0 radical (unpaired) electrons. The number of amides is 2. The van der Waals surface area contributed by atoms with Gasteiger partial charge in [0.2, 0.25) is 0 Å². The first-order chi connectivity index (χ1) is 14.4. The van der Waals surface area contributed by atoms with Crippen molar-refractivity contribution in [2.45, 2.75) is 13.0 Å². The third-order valence-electron chi connectivity index (χ3n) is 4.42. The molecule has 30 heavy (non-hydrogen) atoms. The molecule has 158 valence electrons. The molecule has 0 fully saturated rings. The van der Waals surface area contributed by atoms with Gasteiger partial charge in [-0.3, -0.25) is 0 Å². The molecule has 1 unspecified atom stereocenters. The summed E-state index contributed by atoms with van der Waals surface area (Å²) >= 11 is 3.26. The monoisotopic (exact) mass is 476 g/mol. The Bertz CT molecular complexity index is 977. The molecule has 0 bridgehead atoms. The smallest absolute Gasteiger partial charge is 0.338 e. The van der Waals surface area contributed by atoms with Gasteiger partial charge in [0, 0.05) is 5.70 Å². The van der Waals surface area contributed by atoms with E-state index in [1.54, 1.807) is 31.2 Å². The van der Waals surface area contributed by atoms with Crippen LogP contribution in [0.15, 0.2) is 58.2 Å². The lowest BCUT2D eigenvalue weighted by Gasteiger charge is -2.28. The van der Waals surface area contributed by atoms with Gasteiger partial charge in [-0.2, -0.15) is 0 Å². The second-order valence-corrected chi connectivity index (χ2v) is 7.28. The molecule has 3 N–H and O–H groups in total. The van der Waals surface area contributed by atoms with E-state index in [0.29, 0.717) is 21.5 Å². The van der Waals surface area contributed by atoms with Gasteiger partial charge in [-0.1, -0.05) is 18.2 Å². The molecule has 8 nitrogen and oxygen atoms in total. The number of benzene rings is 2. The number of hydrogen-bond acceptors (Lipinski definition) is 6. The minimum Gasteiger partial charge on any atom is -0.503 e. The van der Waals surface area contributed by atoms with Crippen LogP contribution in [0.25, 0.3) is 0 Å². The number of methoxy groups -OCH3 is 1. The van der Waals surface area contributed by atoms with E-state index in [2.05, 4.69) is 26.6 Å². The van der Waals surface area contributed by atoms with Gasteiger partial charge in [0.25, 0.3) is 0 Å². The number of hydrogen-bond donors (Lipinski definition) is 3. The summed E-state index contributed by atoms with van der Waals surface area (Å²) in [6.07, 6.45) is 0. The van der Waals surface area contributed by atoms with Crippen LogP contribution in [0.3, 0.4) is 0 Å². The molecular formula is C21H21BrN2O6. The van der Waals surface area contributed by atoms with Crippen molar-refractivity contribution in [3.8, 4) is 17.2 Å². The van der Waals surface area contributed by atoms with Crippen molar-refractivity contribution < 1.29 is 28.9 Å². The van der Waals surface area contributed by atoms with E-state index in [1.807, 2.05) is 18.2 Å². The summed E-state index contributed by atoms with van der Waals surface area (Å²) in [6.45, 7) is 1.84. The van der Waals surface area contributed by atoms with Crippen molar-refractivity contribution in [2.75, 3.05) is 20.3 Å². The summed E-state index contributed by atoms with van der Waals surface area (Å²) in [5.41, 5.74) is 1.16. The van der Waals surface area contributed by atoms with Gasteiger partial charge in [-0.25, -0.2) is 9.59 Å². The maximum absolute atomic E-state index is 12.8. The first-order valence-corrected chi connectivity index (χ1v) is 9.89. The molecule has 9 heteroatoms. The van der Waals surface area contributed by atoms with Crippen molar-refractivity contribution in [2.24, 2.45) is 0 Å². The van der Waals surface area contributed by atoms with E-state index >= 15 is 0 Å². The first-order valence-electron chi connectivity index (χ1n) is 9.10. The Hall–Kier alpha value is -3.20. The molecule has 0 saturated carbocycles. The van der Waals surface area contributed by atoms with Gasteiger partial charge < -0.3 is 30.0 Å². The average molecular weight is 477 g/mol. The SMILES string of the molecule is COc1cc(C2NC(=O)NC(C)=C2C(=O)OCCOc2ccccc2)cc(Br)c1O. The number of halogens is 1. The molecule has 1 atom stereocenters. The molecular weight excluding hydrogens is 456 g/mol. The fourth-order valence-electron chi connectivity index (χ4n) is 3.02. The van der Waals surface area contributed by atoms with E-state index in [4.69, 9.17) is 14.2 Å². The lowest BCUT2D eigenvalue weighted by molar-refractivity contribution is -0.140. The summed E-state index contributed by atoms with van der Waals surface area (Å²) in [6, 6.07) is 11.1. The first kappa shape index (κ1) is 21.5. The van der Waals surface area contributed by atoms with E-state index in [0.717, 1.165) is 0 Å². The summed E-state index contributed by atoms with van der Waals surface area (Å²) in [5.74, 6) is 0.206. The second kappa shape index (κ2) is 9.53. The van der Waals surface area contributed by atoms with Gasteiger partial charge in [0.15, 0.2) is 11.5 Å². The molecule has 2 aromatic rings. The van der Waals surface area contributed by atoms with E-state index < -0.39 is 18.0 Å². The fourth-order valence-corrected chi connectivity index (χ4v) is 3.48. The Morgan fingerprint density at radius 3 is 2.63 bits per heavy atom. The van der Waals surface area contributed by atoms with E-state index in [1.165, 1.54) is 7.11 Å². The van der Waals surface area contributed by atoms with Crippen LogP contribution >= 0.6 is 15.9 Å². The van der Waals surface area contributed by atoms with Crippen LogP contribution in [0.1, 0.15) is 18.5 Å². The molecule has 2 amide bonds. The van der Waals surface area contributed by atoms with Crippen LogP contribution in [-0.2, 0) is 9.53 Å². The van der Waals surface area contributed by atoms with Gasteiger partial charge >= 0.3 is 12.0 Å². The molecule has 0 spiro atoms. The Kier molecular flexibility index (Phi) is 6.83. The zero-order valence-electron chi connectivity index (χ0n) is 16.4. The van der Waals surface area contributed by atoms with Gasteiger partial charge in [0.1, 0.15) is 19.0 Å². The molecule has 0 aliphatic carbocycles. The maximum Gasteiger partial charge on any atom is 0.338 e. The molecule has 1 aliphatic rings. The van der Waals surface area contributed by atoms with Gasteiger partial charge in [-0.15, -0.1) is 0 Å².